The second-order valence-corrected chi connectivity index (χ2v) is 6.27. The van der Waals surface area contributed by atoms with Gasteiger partial charge in [0.1, 0.15) is 17.6 Å². The molecule has 1 aliphatic heterocycles. The summed E-state index contributed by atoms with van der Waals surface area (Å²) in [5.74, 6) is 1.73. The third kappa shape index (κ3) is 2.75. The van der Waals surface area contributed by atoms with Gasteiger partial charge in [-0.05, 0) is 53.4 Å². The van der Waals surface area contributed by atoms with Crippen molar-refractivity contribution in [3.05, 3.63) is 22.7 Å². The fraction of sp³-hybridized carbons (Fsp3) is 0.600. The van der Waals surface area contributed by atoms with E-state index >= 15 is 0 Å². The van der Waals surface area contributed by atoms with Gasteiger partial charge in [-0.2, -0.15) is 0 Å². The molecule has 1 atom stereocenters. The second-order valence-electron chi connectivity index (χ2n) is 5.41. The minimum atomic E-state index is 0.127. The number of halogens is 1. The van der Waals surface area contributed by atoms with Crippen molar-refractivity contribution in [2.45, 2.75) is 43.8 Å². The van der Waals surface area contributed by atoms with Crippen LogP contribution in [-0.2, 0) is 4.74 Å². The predicted octanol–water partition coefficient (Wildman–Crippen LogP) is 3.94. The highest BCUT2D eigenvalue weighted by Gasteiger charge is 2.43. The molecule has 3 rings (SSSR count). The van der Waals surface area contributed by atoms with Crippen LogP contribution in [0.4, 0.5) is 0 Å². The first-order valence-electron chi connectivity index (χ1n) is 6.85. The first-order chi connectivity index (χ1) is 9.21. The van der Waals surface area contributed by atoms with E-state index in [-0.39, 0.29) is 11.7 Å². The Morgan fingerprint density at radius 3 is 2.84 bits per heavy atom. The van der Waals surface area contributed by atoms with Crippen LogP contribution in [0.1, 0.15) is 32.1 Å². The van der Waals surface area contributed by atoms with Crippen LogP contribution in [0.25, 0.3) is 0 Å². The molecule has 19 heavy (non-hydrogen) atoms. The molecule has 0 amide bonds. The van der Waals surface area contributed by atoms with Gasteiger partial charge in [-0.15, -0.1) is 0 Å². The third-order valence-corrected chi connectivity index (χ3v) is 4.76. The maximum atomic E-state index is 6.13. The van der Waals surface area contributed by atoms with Gasteiger partial charge in [0, 0.05) is 12.8 Å². The van der Waals surface area contributed by atoms with Gasteiger partial charge >= 0.3 is 0 Å². The highest BCUT2D eigenvalue weighted by Crippen LogP contribution is 2.43. The SMILES string of the molecule is COc1ccc(OC2CCOC3(CCC3)C2)c(Br)c1. The summed E-state index contributed by atoms with van der Waals surface area (Å²) in [5, 5.41) is 0. The van der Waals surface area contributed by atoms with Crippen molar-refractivity contribution in [1.82, 2.24) is 0 Å². The van der Waals surface area contributed by atoms with Crippen molar-refractivity contribution < 1.29 is 14.2 Å². The van der Waals surface area contributed by atoms with E-state index in [2.05, 4.69) is 15.9 Å². The largest absolute Gasteiger partial charge is 0.497 e. The molecule has 3 nitrogen and oxygen atoms in total. The molecule has 0 radical (unpaired) electrons. The highest BCUT2D eigenvalue weighted by molar-refractivity contribution is 9.10. The maximum absolute atomic E-state index is 6.13. The molecule has 0 N–H and O–H groups in total. The van der Waals surface area contributed by atoms with Gasteiger partial charge in [-0.1, -0.05) is 0 Å². The van der Waals surface area contributed by atoms with E-state index in [4.69, 9.17) is 14.2 Å². The number of benzene rings is 1. The molecule has 104 valence electrons. The summed E-state index contributed by atoms with van der Waals surface area (Å²) in [6, 6.07) is 5.83. The molecule has 2 aliphatic rings. The lowest BCUT2D eigenvalue weighted by molar-refractivity contribution is -0.153. The summed E-state index contributed by atoms with van der Waals surface area (Å²) in [4.78, 5) is 0. The minimum absolute atomic E-state index is 0.127. The molecule has 4 heteroatoms. The molecule has 1 heterocycles. The van der Waals surface area contributed by atoms with Gasteiger partial charge in [-0.3, -0.25) is 0 Å². The molecule has 1 unspecified atom stereocenters. The molecule has 0 bridgehead atoms. The minimum Gasteiger partial charge on any atom is -0.497 e. The Bertz CT molecular complexity index is 457. The van der Waals surface area contributed by atoms with Crippen LogP contribution in [0, 0.1) is 0 Å². The van der Waals surface area contributed by atoms with Gasteiger partial charge < -0.3 is 14.2 Å². The van der Waals surface area contributed by atoms with Gasteiger partial charge in [0.05, 0.1) is 23.8 Å². The van der Waals surface area contributed by atoms with Crippen LogP contribution in [0.5, 0.6) is 11.5 Å². The Morgan fingerprint density at radius 2 is 2.21 bits per heavy atom. The van der Waals surface area contributed by atoms with Crippen molar-refractivity contribution in [2.75, 3.05) is 13.7 Å². The van der Waals surface area contributed by atoms with E-state index in [1.54, 1.807) is 7.11 Å². The van der Waals surface area contributed by atoms with E-state index in [1.165, 1.54) is 19.3 Å². The molecule has 1 aromatic rings. The normalized spacial score (nSPS) is 24.8. The second kappa shape index (κ2) is 5.33. The quantitative estimate of drug-likeness (QED) is 0.842. The van der Waals surface area contributed by atoms with Crippen molar-refractivity contribution >= 4 is 15.9 Å². The van der Waals surface area contributed by atoms with Crippen LogP contribution in [0.3, 0.4) is 0 Å². The molecular formula is C15H19BrO3. The summed E-state index contributed by atoms with van der Waals surface area (Å²) in [6.45, 7) is 0.818. The molecule has 1 saturated heterocycles. The molecular weight excluding hydrogens is 308 g/mol. The first kappa shape index (κ1) is 13.3. The molecule has 1 aliphatic carbocycles. The van der Waals surface area contributed by atoms with Gasteiger partial charge in [0.2, 0.25) is 0 Å². The van der Waals surface area contributed by atoms with Crippen LogP contribution in [0.2, 0.25) is 0 Å². The van der Waals surface area contributed by atoms with E-state index in [0.29, 0.717) is 0 Å². The fourth-order valence-corrected chi connectivity index (χ4v) is 3.34. The number of methoxy groups -OCH3 is 1. The Labute approximate surface area is 122 Å². The lowest BCUT2D eigenvalue weighted by Crippen LogP contribution is -2.48. The monoisotopic (exact) mass is 326 g/mol. The number of ether oxygens (including phenoxy) is 3. The van der Waals surface area contributed by atoms with Crippen LogP contribution in [-0.4, -0.2) is 25.4 Å². The van der Waals surface area contributed by atoms with Gasteiger partial charge in [0.15, 0.2) is 0 Å². The number of rotatable bonds is 3. The van der Waals surface area contributed by atoms with Gasteiger partial charge in [-0.25, -0.2) is 0 Å². The van der Waals surface area contributed by atoms with Crippen LogP contribution < -0.4 is 9.47 Å². The lowest BCUT2D eigenvalue weighted by Gasteiger charge is -2.46. The molecule has 1 saturated carbocycles. The standard InChI is InChI=1S/C15H19BrO3/c1-17-11-3-4-14(13(16)9-11)19-12-5-8-18-15(10-12)6-2-7-15/h3-4,9,12H,2,5-8,10H2,1H3. The average Bonchev–Trinajstić information content (AvgIpc) is 2.39. The molecule has 2 fully saturated rings. The van der Waals surface area contributed by atoms with E-state index in [1.807, 2.05) is 18.2 Å². The Balaban J connectivity index is 1.67. The zero-order valence-electron chi connectivity index (χ0n) is 11.2. The van der Waals surface area contributed by atoms with Crippen molar-refractivity contribution in [2.24, 2.45) is 0 Å². The van der Waals surface area contributed by atoms with Crippen LogP contribution in [0.15, 0.2) is 22.7 Å². The topological polar surface area (TPSA) is 27.7 Å². The Morgan fingerprint density at radius 1 is 1.37 bits per heavy atom. The maximum Gasteiger partial charge on any atom is 0.134 e. The van der Waals surface area contributed by atoms with E-state index in [9.17, 15) is 0 Å². The summed E-state index contributed by atoms with van der Waals surface area (Å²) in [6.07, 6.45) is 5.93. The van der Waals surface area contributed by atoms with Crippen molar-refractivity contribution in [3.8, 4) is 11.5 Å². The smallest absolute Gasteiger partial charge is 0.134 e. The number of hydrogen-bond acceptors (Lipinski definition) is 3. The average molecular weight is 327 g/mol. The third-order valence-electron chi connectivity index (χ3n) is 4.15. The summed E-state index contributed by atoms with van der Waals surface area (Å²) >= 11 is 3.54. The molecule has 0 aromatic heterocycles. The number of hydrogen-bond donors (Lipinski definition) is 0. The van der Waals surface area contributed by atoms with Crippen molar-refractivity contribution in [1.29, 1.82) is 0 Å². The van der Waals surface area contributed by atoms with Crippen LogP contribution >= 0.6 is 15.9 Å². The predicted molar refractivity (Wildman–Crippen MR) is 76.9 cm³/mol. The Kier molecular flexibility index (Phi) is 3.72. The lowest BCUT2D eigenvalue weighted by atomic mass is 9.74. The summed E-state index contributed by atoms with van der Waals surface area (Å²) in [7, 11) is 1.67. The summed E-state index contributed by atoms with van der Waals surface area (Å²) < 4.78 is 18.2. The van der Waals surface area contributed by atoms with E-state index < -0.39 is 0 Å². The zero-order valence-corrected chi connectivity index (χ0v) is 12.7. The van der Waals surface area contributed by atoms with E-state index in [0.717, 1.165) is 35.4 Å². The highest BCUT2D eigenvalue weighted by atomic mass is 79.9. The first-order valence-corrected chi connectivity index (χ1v) is 7.64. The zero-order chi connectivity index (χ0) is 13.3. The summed E-state index contributed by atoms with van der Waals surface area (Å²) in [5.41, 5.74) is 0.127. The molecule has 1 aromatic carbocycles. The molecule has 1 spiro atoms. The fourth-order valence-electron chi connectivity index (χ4n) is 2.89. The Hall–Kier alpha value is -0.740. The van der Waals surface area contributed by atoms with Crippen molar-refractivity contribution in [3.63, 3.8) is 0 Å². The van der Waals surface area contributed by atoms with Gasteiger partial charge in [0.25, 0.3) is 0 Å².